The molecule has 0 saturated heterocycles. The van der Waals surface area contributed by atoms with Crippen LogP contribution in [0.15, 0.2) is 47.7 Å². The second kappa shape index (κ2) is 14.0. The SMILES string of the molecule is CN(C)C(=O)/C=C/CC[C@H](OC(=O)N(C)C)C(=O)Nc1cncn(Cc2cc3cc(F)cc(CCC(F)(F)F)c3[nH]2)c1=O. The van der Waals surface area contributed by atoms with E-state index >= 15 is 0 Å². The van der Waals surface area contributed by atoms with Crippen molar-refractivity contribution in [1.29, 1.82) is 0 Å². The van der Waals surface area contributed by atoms with E-state index in [-0.39, 0.29) is 36.5 Å². The number of carbonyl (C=O) groups is 3. The smallest absolute Gasteiger partial charge is 0.410 e. The van der Waals surface area contributed by atoms with E-state index in [9.17, 15) is 36.7 Å². The normalized spacial score (nSPS) is 12.4. The van der Waals surface area contributed by atoms with Crippen molar-refractivity contribution in [1.82, 2.24) is 24.3 Å². The van der Waals surface area contributed by atoms with Gasteiger partial charge in [-0.2, -0.15) is 13.2 Å². The van der Waals surface area contributed by atoms with Crippen LogP contribution in [-0.4, -0.2) is 82.7 Å². The molecule has 0 saturated carbocycles. The molecule has 43 heavy (non-hydrogen) atoms. The average Bonchev–Trinajstić information content (AvgIpc) is 3.32. The predicted molar refractivity (Wildman–Crippen MR) is 150 cm³/mol. The molecule has 3 aromatic rings. The summed E-state index contributed by atoms with van der Waals surface area (Å²) in [5.41, 5.74) is -0.0372. The third-order valence-electron chi connectivity index (χ3n) is 6.21. The molecule has 3 amide bonds. The molecule has 0 spiro atoms. The molecule has 11 nitrogen and oxygen atoms in total. The Hall–Kier alpha value is -4.69. The van der Waals surface area contributed by atoms with Gasteiger partial charge in [0.1, 0.15) is 11.5 Å². The topological polar surface area (TPSA) is 130 Å². The zero-order valence-corrected chi connectivity index (χ0v) is 24.0. The van der Waals surface area contributed by atoms with Crippen LogP contribution in [0.3, 0.4) is 0 Å². The van der Waals surface area contributed by atoms with Crippen LogP contribution in [0.1, 0.15) is 30.5 Å². The van der Waals surface area contributed by atoms with Crippen LogP contribution in [0.4, 0.5) is 28.0 Å². The summed E-state index contributed by atoms with van der Waals surface area (Å²) in [4.78, 5) is 59.5. The van der Waals surface area contributed by atoms with E-state index in [4.69, 9.17) is 4.74 Å². The first kappa shape index (κ1) is 32.8. The minimum atomic E-state index is -4.41. The zero-order chi connectivity index (χ0) is 31.9. The number of rotatable bonds is 11. The van der Waals surface area contributed by atoms with Crippen molar-refractivity contribution in [2.24, 2.45) is 0 Å². The average molecular weight is 609 g/mol. The molecule has 232 valence electrons. The molecule has 1 atom stereocenters. The number of halogens is 4. The largest absolute Gasteiger partial charge is 0.436 e. The summed E-state index contributed by atoms with van der Waals surface area (Å²) in [6.07, 6.45) is -2.67. The van der Waals surface area contributed by atoms with Crippen LogP contribution in [0.25, 0.3) is 10.9 Å². The third-order valence-corrected chi connectivity index (χ3v) is 6.21. The fourth-order valence-corrected chi connectivity index (χ4v) is 3.99. The van der Waals surface area contributed by atoms with E-state index in [1.54, 1.807) is 14.1 Å². The first-order valence-electron chi connectivity index (χ1n) is 13.1. The van der Waals surface area contributed by atoms with Gasteiger partial charge in [-0.25, -0.2) is 14.2 Å². The number of hydrogen-bond donors (Lipinski definition) is 2. The number of carbonyl (C=O) groups excluding carboxylic acids is 3. The van der Waals surface area contributed by atoms with Gasteiger partial charge >= 0.3 is 12.3 Å². The molecule has 0 aliphatic carbocycles. The van der Waals surface area contributed by atoms with Crippen molar-refractivity contribution < 1.29 is 36.7 Å². The van der Waals surface area contributed by atoms with Gasteiger partial charge in [0.25, 0.3) is 11.5 Å². The molecular weight excluding hydrogens is 576 g/mol. The monoisotopic (exact) mass is 608 g/mol. The number of likely N-dealkylation sites (N-methyl/N-ethyl adjacent to an activating group) is 1. The van der Waals surface area contributed by atoms with E-state index in [1.165, 1.54) is 49.6 Å². The van der Waals surface area contributed by atoms with Gasteiger partial charge in [-0.05, 0) is 49.1 Å². The number of allylic oxidation sites excluding steroid dienone is 1. The van der Waals surface area contributed by atoms with Gasteiger partial charge in [0.15, 0.2) is 6.10 Å². The number of aromatic amines is 1. The first-order valence-corrected chi connectivity index (χ1v) is 13.1. The van der Waals surface area contributed by atoms with Crippen molar-refractivity contribution in [3.8, 4) is 0 Å². The van der Waals surface area contributed by atoms with E-state index < -0.39 is 48.5 Å². The maximum absolute atomic E-state index is 14.1. The lowest BCUT2D eigenvalue weighted by atomic mass is 10.1. The number of alkyl halides is 3. The number of H-pyrrole nitrogens is 1. The highest BCUT2D eigenvalue weighted by molar-refractivity contribution is 5.95. The lowest BCUT2D eigenvalue weighted by molar-refractivity contribution is -0.134. The standard InChI is InChI=1S/C28H32F4N6O5/c1-36(2)23(39)8-6-5-7-22(43-27(42)37(3)4)25(40)35-21-14-33-16-38(26(21)41)15-20-13-18-12-19(29)11-17(24(18)34-20)9-10-28(30,31)32/h6,8,11-14,16,22,34H,5,7,9-10,15H2,1-4H3,(H,35,40)/b8-6+/t22-/m0/s1. The second-order valence-electron chi connectivity index (χ2n) is 10.1. The summed E-state index contributed by atoms with van der Waals surface area (Å²) in [6.45, 7) is -0.117. The molecule has 1 aromatic carbocycles. The first-order chi connectivity index (χ1) is 20.1. The predicted octanol–water partition coefficient (Wildman–Crippen LogP) is 3.84. The lowest BCUT2D eigenvalue weighted by Gasteiger charge is -2.19. The Morgan fingerprint density at radius 3 is 2.51 bits per heavy atom. The van der Waals surface area contributed by atoms with Gasteiger partial charge in [0, 0.05) is 51.2 Å². The highest BCUT2D eigenvalue weighted by Gasteiger charge is 2.27. The second-order valence-corrected chi connectivity index (χ2v) is 10.1. The van der Waals surface area contributed by atoms with E-state index in [0.29, 0.717) is 16.6 Å². The maximum atomic E-state index is 14.1. The Labute approximate surface area is 244 Å². The van der Waals surface area contributed by atoms with Crippen LogP contribution >= 0.6 is 0 Å². The Bertz CT molecular complexity index is 1560. The number of benzene rings is 1. The Morgan fingerprint density at radius 1 is 1.14 bits per heavy atom. The summed E-state index contributed by atoms with van der Waals surface area (Å²) in [5.74, 6) is -1.75. The molecule has 2 heterocycles. The summed E-state index contributed by atoms with van der Waals surface area (Å²) in [7, 11) is 6.03. The highest BCUT2D eigenvalue weighted by atomic mass is 19.4. The van der Waals surface area contributed by atoms with Crippen molar-refractivity contribution >= 4 is 34.5 Å². The molecule has 0 unspecified atom stereocenters. The van der Waals surface area contributed by atoms with E-state index in [1.807, 2.05) is 0 Å². The van der Waals surface area contributed by atoms with E-state index in [0.717, 1.165) is 21.7 Å². The molecule has 0 aliphatic rings. The molecule has 2 N–H and O–H groups in total. The number of hydrogen-bond acceptors (Lipinski definition) is 6. The molecule has 15 heteroatoms. The molecule has 0 bridgehead atoms. The summed E-state index contributed by atoms with van der Waals surface area (Å²) in [6, 6.07) is 3.72. The molecule has 0 radical (unpaired) electrons. The fraction of sp³-hybridized carbons (Fsp3) is 0.393. The zero-order valence-electron chi connectivity index (χ0n) is 24.0. The van der Waals surface area contributed by atoms with Gasteiger partial charge in [-0.15, -0.1) is 0 Å². The van der Waals surface area contributed by atoms with E-state index in [2.05, 4.69) is 15.3 Å². The van der Waals surface area contributed by atoms with Gasteiger partial charge in [-0.3, -0.25) is 19.0 Å². The highest BCUT2D eigenvalue weighted by Crippen LogP contribution is 2.27. The summed E-state index contributed by atoms with van der Waals surface area (Å²) >= 11 is 0. The van der Waals surface area contributed by atoms with Crippen molar-refractivity contribution in [2.45, 2.75) is 44.5 Å². The van der Waals surface area contributed by atoms with Crippen LogP contribution in [-0.2, 0) is 27.3 Å². The third kappa shape index (κ3) is 9.41. The minimum absolute atomic E-state index is 0.0133. The molecular formula is C28H32F4N6O5. The van der Waals surface area contributed by atoms with Gasteiger partial charge in [0.05, 0.1) is 19.1 Å². The number of aryl methyl sites for hydroxylation is 1. The lowest BCUT2D eigenvalue weighted by Crippen LogP contribution is -2.37. The number of amides is 3. The van der Waals surface area contributed by atoms with Gasteiger partial charge in [-0.1, -0.05) is 6.08 Å². The van der Waals surface area contributed by atoms with Crippen molar-refractivity contribution in [3.63, 3.8) is 0 Å². The minimum Gasteiger partial charge on any atom is -0.436 e. The van der Waals surface area contributed by atoms with Gasteiger partial charge in [0.2, 0.25) is 5.91 Å². The Balaban J connectivity index is 1.79. The van der Waals surface area contributed by atoms with Crippen molar-refractivity contribution in [3.05, 3.63) is 70.3 Å². The molecule has 2 aromatic heterocycles. The Kier molecular flexibility index (Phi) is 10.7. The summed E-state index contributed by atoms with van der Waals surface area (Å²) < 4.78 is 58.8. The number of ether oxygens (including phenoxy) is 1. The number of fused-ring (bicyclic) bond motifs is 1. The van der Waals surface area contributed by atoms with Crippen LogP contribution in [0.2, 0.25) is 0 Å². The Morgan fingerprint density at radius 2 is 1.86 bits per heavy atom. The number of anilines is 1. The maximum Gasteiger partial charge on any atom is 0.410 e. The van der Waals surface area contributed by atoms with Gasteiger partial charge < -0.3 is 24.8 Å². The number of nitrogens with one attached hydrogen (secondary N) is 2. The molecule has 0 aliphatic heterocycles. The van der Waals surface area contributed by atoms with Crippen molar-refractivity contribution in [2.75, 3.05) is 33.5 Å². The number of aromatic nitrogens is 3. The van der Waals surface area contributed by atoms with Crippen LogP contribution in [0, 0.1) is 5.82 Å². The van der Waals surface area contributed by atoms with Crippen LogP contribution < -0.4 is 10.9 Å². The van der Waals surface area contributed by atoms with Crippen LogP contribution in [0.5, 0.6) is 0 Å². The number of nitrogens with zero attached hydrogens (tertiary/aromatic N) is 4. The molecule has 0 fully saturated rings. The quantitative estimate of drug-likeness (QED) is 0.252. The molecule has 3 rings (SSSR count). The summed E-state index contributed by atoms with van der Waals surface area (Å²) in [5, 5.41) is 2.76. The fourth-order valence-electron chi connectivity index (χ4n) is 3.99.